The molecule has 82 valence electrons. The molecule has 1 atom stereocenters. The third-order valence-corrected chi connectivity index (χ3v) is 1.91. The van der Waals surface area contributed by atoms with Gasteiger partial charge in [-0.1, -0.05) is 6.58 Å². The van der Waals surface area contributed by atoms with Crippen molar-refractivity contribution in [3.8, 4) is 5.75 Å². The van der Waals surface area contributed by atoms with Gasteiger partial charge in [-0.3, -0.25) is 0 Å². The fraction of sp³-hybridized carbons (Fsp3) is 0.333. The van der Waals surface area contributed by atoms with Crippen LogP contribution >= 0.6 is 0 Å². The fourth-order valence-electron chi connectivity index (χ4n) is 1.14. The normalized spacial score (nSPS) is 12.3. The molecule has 3 heteroatoms. The average Bonchev–Trinajstić information content (AvgIpc) is 2.14. The van der Waals surface area contributed by atoms with E-state index >= 15 is 0 Å². The molecular formula is C12H15FO2. The Hall–Kier alpha value is -1.35. The van der Waals surface area contributed by atoms with Crippen LogP contribution < -0.4 is 4.74 Å². The molecule has 0 aliphatic carbocycles. The largest absolute Gasteiger partial charge is 0.489 e. The highest BCUT2D eigenvalue weighted by molar-refractivity contribution is 5.30. The number of benzene rings is 1. The molecule has 0 amide bonds. The molecule has 1 aromatic carbocycles. The standard InChI is InChI=1S/C12H15FO2/c1-8(2)7-15-10-4-5-11(9(3)14)12(13)6-10/h4-6,9,14H,1,7H2,2-3H3/t9-/m0/s1. The van der Waals surface area contributed by atoms with Gasteiger partial charge >= 0.3 is 0 Å². The van der Waals surface area contributed by atoms with Crippen molar-refractivity contribution in [1.82, 2.24) is 0 Å². The van der Waals surface area contributed by atoms with E-state index in [0.29, 0.717) is 12.4 Å². The van der Waals surface area contributed by atoms with Gasteiger partial charge in [0, 0.05) is 11.6 Å². The molecule has 0 aromatic heterocycles. The van der Waals surface area contributed by atoms with E-state index in [-0.39, 0.29) is 5.56 Å². The Bertz CT molecular complexity index is 359. The maximum atomic E-state index is 13.4. The summed E-state index contributed by atoms with van der Waals surface area (Å²) in [4.78, 5) is 0. The van der Waals surface area contributed by atoms with Gasteiger partial charge in [0.1, 0.15) is 18.2 Å². The van der Waals surface area contributed by atoms with Gasteiger partial charge in [0.2, 0.25) is 0 Å². The number of hydrogen-bond donors (Lipinski definition) is 1. The first-order chi connectivity index (χ1) is 7.00. The molecule has 1 aromatic rings. The van der Waals surface area contributed by atoms with Crippen molar-refractivity contribution in [3.63, 3.8) is 0 Å². The van der Waals surface area contributed by atoms with E-state index in [9.17, 15) is 9.50 Å². The summed E-state index contributed by atoms with van der Waals surface area (Å²) in [5.74, 6) is -0.0101. The average molecular weight is 210 g/mol. The van der Waals surface area contributed by atoms with Crippen molar-refractivity contribution in [3.05, 3.63) is 41.7 Å². The number of halogens is 1. The lowest BCUT2D eigenvalue weighted by atomic mass is 10.1. The van der Waals surface area contributed by atoms with Crippen LogP contribution in [0.4, 0.5) is 4.39 Å². The molecule has 1 N–H and O–H groups in total. The number of aliphatic hydroxyl groups is 1. The van der Waals surface area contributed by atoms with E-state index in [1.807, 2.05) is 6.92 Å². The van der Waals surface area contributed by atoms with Crippen LogP contribution in [0.2, 0.25) is 0 Å². The Balaban J connectivity index is 2.77. The summed E-state index contributed by atoms with van der Waals surface area (Å²) in [5.41, 5.74) is 1.15. The van der Waals surface area contributed by atoms with E-state index in [0.717, 1.165) is 5.57 Å². The number of hydrogen-bond acceptors (Lipinski definition) is 2. The summed E-state index contributed by atoms with van der Waals surface area (Å²) in [6.45, 7) is 7.40. The summed E-state index contributed by atoms with van der Waals surface area (Å²) < 4.78 is 18.6. The van der Waals surface area contributed by atoms with Gasteiger partial charge in [-0.2, -0.15) is 0 Å². The number of rotatable bonds is 4. The Labute approximate surface area is 89.0 Å². The highest BCUT2D eigenvalue weighted by Gasteiger charge is 2.08. The molecular weight excluding hydrogens is 195 g/mol. The van der Waals surface area contributed by atoms with Crippen LogP contribution in [0.1, 0.15) is 25.5 Å². The Morgan fingerprint density at radius 2 is 2.27 bits per heavy atom. The zero-order valence-corrected chi connectivity index (χ0v) is 8.96. The van der Waals surface area contributed by atoms with Gasteiger partial charge in [0.05, 0.1) is 6.10 Å². The topological polar surface area (TPSA) is 29.5 Å². The molecule has 0 bridgehead atoms. The minimum Gasteiger partial charge on any atom is -0.489 e. The molecule has 0 aliphatic rings. The van der Waals surface area contributed by atoms with Crippen LogP contribution in [0.25, 0.3) is 0 Å². The lowest BCUT2D eigenvalue weighted by Crippen LogP contribution is -2.00. The Morgan fingerprint density at radius 3 is 2.73 bits per heavy atom. The second kappa shape index (κ2) is 4.94. The second-order valence-corrected chi connectivity index (χ2v) is 3.61. The quantitative estimate of drug-likeness (QED) is 0.774. The van der Waals surface area contributed by atoms with Crippen molar-refractivity contribution in [2.24, 2.45) is 0 Å². The first kappa shape index (κ1) is 11.7. The second-order valence-electron chi connectivity index (χ2n) is 3.61. The summed E-state index contributed by atoms with van der Waals surface area (Å²) >= 11 is 0. The molecule has 0 saturated carbocycles. The summed E-state index contributed by atoms with van der Waals surface area (Å²) in [6, 6.07) is 4.42. The molecule has 0 saturated heterocycles. The van der Waals surface area contributed by atoms with Crippen molar-refractivity contribution >= 4 is 0 Å². The van der Waals surface area contributed by atoms with Crippen LogP contribution in [0, 0.1) is 5.82 Å². The van der Waals surface area contributed by atoms with E-state index in [1.165, 1.54) is 19.1 Å². The SMILES string of the molecule is C=C(C)COc1ccc([C@H](C)O)c(F)c1. The Morgan fingerprint density at radius 1 is 1.60 bits per heavy atom. The minimum absolute atomic E-state index is 0.276. The van der Waals surface area contributed by atoms with Gasteiger partial charge in [0.25, 0.3) is 0 Å². The highest BCUT2D eigenvalue weighted by Crippen LogP contribution is 2.21. The predicted molar refractivity (Wildman–Crippen MR) is 57.3 cm³/mol. The van der Waals surface area contributed by atoms with Crippen LogP contribution in [0.15, 0.2) is 30.4 Å². The van der Waals surface area contributed by atoms with Crippen LogP contribution in [0.3, 0.4) is 0 Å². The maximum absolute atomic E-state index is 13.4. The summed E-state index contributed by atoms with van der Waals surface area (Å²) in [6.07, 6.45) is -0.805. The zero-order valence-electron chi connectivity index (χ0n) is 8.96. The zero-order chi connectivity index (χ0) is 11.4. The molecule has 0 radical (unpaired) electrons. The van der Waals surface area contributed by atoms with Crippen LogP contribution in [0.5, 0.6) is 5.75 Å². The van der Waals surface area contributed by atoms with Crippen molar-refractivity contribution < 1.29 is 14.2 Å². The number of ether oxygens (including phenoxy) is 1. The van der Waals surface area contributed by atoms with Crippen LogP contribution in [-0.2, 0) is 0 Å². The monoisotopic (exact) mass is 210 g/mol. The van der Waals surface area contributed by atoms with Gasteiger partial charge < -0.3 is 9.84 Å². The molecule has 0 heterocycles. The third-order valence-electron chi connectivity index (χ3n) is 1.91. The lowest BCUT2D eigenvalue weighted by molar-refractivity contribution is 0.194. The third kappa shape index (κ3) is 3.36. The smallest absolute Gasteiger partial charge is 0.132 e. The summed E-state index contributed by atoms with van der Waals surface area (Å²) in [5, 5.41) is 9.22. The molecule has 0 aliphatic heterocycles. The predicted octanol–water partition coefficient (Wildman–Crippen LogP) is 2.83. The van der Waals surface area contributed by atoms with Gasteiger partial charge in [0.15, 0.2) is 0 Å². The maximum Gasteiger partial charge on any atom is 0.132 e. The minimum atomic E-state index is -0.805. The molecule has 0 unspecified atom stereocenters. The highest BCUT2D eigenvalue weighted by atomic mass is 19.1. The van der Waals surface area contributed by atoms with E-state index in [2.05, 4.69) is 6.58 Å². The molecule has 1 rings (SSSR count). The fourth-order valence-corrected chi connectivity index (χ4v) is 1.14. The number of aliphatic hydroxyl groups excluding tert-OH is 1. The lowest BCUT2D eigenvalue weighted by Gasteiger charge is -2.09. The molecule has 0 fully saturated rings. The Kier molecular flexibility index (Phi) is 3.86. The van der Waals surface area contributed by atoms with Crippen molar-refractivity contribution in [1.29, 1.82) is 0 Å². The van der Waals surface area contributed by atoms with Crippen LogP contribution in [-0.4, -0.2) is 11.7 Å². The first-order valence-electron chi connectivity index (χ1n) is 4.75. The van der Waals surface area contributed by atoms with E-state index < -0.39 is 11.9 Å². The first-order valence-corrected chi connectivity index (χ1v) is 4.75. The molecule has 2 nitrogen and oxygen atoms in total. The molecule has 15 heavy (non-hydrogen) atoms. The van der Waals surface area contributed by atoms with E-state index in [4.69, 9.17) is 4.74 Å². The summed E-state index contributed by atoms with van der Waals surface area (Å²) in [7, 11) is 0. The van der Waals surface area contributed by atoms with Gasteiger partial charge in [-0.15, -0.1) is 0 Å². The van der Waals surface area contributed by atoms with Gasteiger partial charge in [-0.05, 0) is 31.6 Å². The van der Waals surface area contributed by atoms with Crippen molar-refractivity contribution in [2.45, 2.75) is 20.0 Å². The van der Waals surface area contributed by atoms with Gasteiger partial charge in [-0.25, -0.2) is 4.39 Å². The van der Waals surface area contributed by atoms with Crippen molar-refractivity contribution in [2.75, 3.05) is 6.61 Å². The van der Waals surface area contributed by atoms with E-state index in [1.54, 1.807) is 6.07 Å². The molecule has 0 spiro atoms.